The molecule has 1 rings (SSSR count). The molecule has 94 valence electrons. The molecule has 4 nitrogen and oxygen atoms in total. The van der Waals surface area contributed by atoms with Gasteiger partial charge in [0.1, 0.15) is 0 Å². The molecule has 1 fully saturated rings. The quantitative estimate of drug-likeness (QED) is 0.311. The first-order chi connectivity index (χ1) is 7.49. The lowest BCUT2D eigenvalue weighted by molar-refractivity contribution is -0.183. The molecule has 1 aliphatic heterocycles. The second-order valence-corrected chi connectivity index (χ2v) is 3.75. The van der Waals surface area contributed by atoms with Crippen molar-refractivity contribution in [2.75, 3.05) is 19.6 Å². The third-order valence-electron chi connectivity index (χ3n) is 2.69. The zero-order valence-corrected chi connectivity index (χ0v) is 9.22. The van der Waals surface area contributed by atoms with Crippen molar-refractivity contribution in [3.8, 4) is 0 Å². The SMILES string of the molecule is CCN=C(NN)N1CCC(C(F)(F)F)CC1. The van der Waals surface area contributed by atoms with Gasteiger partial charge in [0.25, 0.3) is 0 Å². The zero-order valence-electron chi connectivity index (χ0n) is 9.22. The van der Waals surface area contributed by atoms with Crippen LogP contribution in [0.1, 0.15) is 19.8 Å². The molecule has 0 radical (unpaired) electrons. The van der Waals surface area contributed by atoms with E-state index in [4.69, 9.17) is 5.84 Å². The number of aliphatic imine (C=N–C) groups is 1. The Balaban J connectivity index is 2.51. The largest absolute Gasteiger partial charge is 0.391 e. The van der Waals surface area contributed by atoms with E-state index in [1.54, 1.807) is 4.90 Å². The first-order valence-electron chi connectivity index (χ1n) is 5.31. The molecule has 1 heterocycles. The van der Waals surface area contributed by atoms with E-state index in [0.717, 1.165) is 0 Å². The predicted octanol–water partition coefficient (Wildman–Crippen LogP) is 1.10. The number of nitrogens with zero attached hydrogens (tertiary/aromatic N) is 2. The van der Waals surface area contributed by atoms with Gasteiger partial charge in [-0.2, -0.15) is 13.2 Å². The Kier molecular flexibility index (Phi) is 4.40. The van der Waals surface area contributed by atoms with Crippen molar-refractivity contribution in [3.05, 3.63) is 0 Å². The highest BCUT2D eigenvalue weighted by molar-refractivity contribution is 5.79. The predicted molar refractivity (Wildman–Crippen MR) is 55.7 cm³/mol. The minimum absolute atomic E-state index is 0.105. The number of alkyl halides is 3. The number of hydrazine groups is 1. The summed E-state index contributed by atoms with van der Waals surface area (Å²) in [6, 6.07) is 0. The number of halogens is 3. The second kappa shape index (κ2) is 5.38. The van der Waals surface area contributed by atoms with E-state index < -0.39 is 12.1 Å². The maximum Gasteiger partial charge on any atom is 0.391 e. The molecule has 0 aliphatic carbocycles. The molecule has 0 amide bonds. The molecule has 3 N–H and O–H groups in total. The molecule has 0 spiro atoms. The van der Waals surface area contributed by atoms with E-state index in [1.807, 2.05) is 6.92 Å². The Morgan fingerprint density at radius 1 is 1.44 bits per heavy atom. The number of piperidine rings is 1. The standard InChI is InChI=1S/C9H17F3N4/c1-2-14-8(15-13)16-5-3-7(4-6-16)9(10,11)12/h7H,2-6,13H2,1H3,(H,14,15). The van der Waals surface area contributed by atoms with Crippen LogP contribution in [0.15, 0.2) is 4.99 Å². The zero-order chi connectivity index (χ0) is 12.2. The average molecular weight is 238 g/mol. The molecule has 16 heavy (non-hydrogen) atoms. The molecule has 0 bridgehead atoms. The van der Waals surface area contributed by atoms with Crippen molar-refractivity contribution in [2.24, 2.45) is 16.8 Å². The summed E-state index contributed by atoms with van der Waals surface area (Å²) in [5.41, 5.74) is 2.42. The van der Waals surface area contributed by atoms with E-state index in [1.165, 1.54) is 0 Å². The third kappa shape index (κ3) is 3.26. The van der Waals surface area contributed by atoms with Gasteiger partial charge in [0.2, 0.25) is 5.96 Å². The smallest absolute Gasteiger partial charge is 0.342 e. The van der Waals surface area contributed by atoms with Crippen LogP contribution >= 0.6 is 0 Å². The van der Waals surface area contributed by atoms with Crippen molar-refractivity contribution in [1.29, 1.82) is 0 Å². The Hall–Kier alpha value is -0.980. The maximum absolute atomic E-state index is 12.4. The lowest BCUT2D eigenvalue weighted by Crippen LogP contribution is -2.49. The van der Waals surface area contributed by atoms with Crippen molar-refractivity contribution in [2.45, 2.75) is 25.9 Å². The summed E-state index contributed by atoms with van der Waals surface area (Å²) in [5.74, 6) is 4.55. The van der Waals surface area contributed by atoms with Crippen molar-refractivity contribution >= 4 is 5.96 Å². The van der Waals surface area contributed by atoms with Gasteiger partial charge in [0, 0.05) is 19.6 Å². The van der Waals surface area contributed by atoms with Crippen LogP contribution in [-0.4, -0.2) is 36.7 Å². The van der Waals surface area contributed by atoms with E-state index >= 15 is 0 Å². The number of rotatable bonds is 1. The fourth-order valence-corrected chi connectivity index (χ4v) is 1.81. The summed E-state index contributed by atoms with van der Waals surface area (Å²) in [6.45, 7) is 3.08. The van der Waals surface area contributed by atoms with Gasteiger partial charge in [-0.3, -0.25) is 10.4 Å². The lowest BCUT2D eigenvalue weighted by Gasteiger charge is -2.34. The van der Waals surface area contributed by atoms with Gasteiger partial charge in [0.05, 0.1) is 5.92 Å². The molecule has 1 saturated heterocycles. The highest BCUT2D eigenvalue weighted by Gasteiger charge is 2.41. The highest BCUT2D eigenvalue weighted by Crippen LogP contribution is 2.33. The van der Waals surface area contributed by atoms with Gasteiger partial charge in [-0.05, 0) is 19.8 Å². The first-order valence-corrected chi connectivity index (χ1v) is 5.31. The third-order valence-corrected chi connectivity index (χ3v) is 2.69. The topological polar surface area (TPSA) is 53.6 Å². The van der Waals surface area contributed by atoms with Crippen LogP contribution in [0.2, 0.25) is 0 Å². The van der Waals surface area contributed by atoms with Crippen LogP contribution in [0.5, 0.6) is 0 Å². The fraction of sp³-hybridized carbons (Fsp3) is 0.889. The molecule has 0 saturated carbocycles. The first kappa shape index (κ1) is 13.1. The number of likely N-dealkylation sites (tertiary alicyclic amines) is 1. The summed E-state index contributed by atoms with van der Waals surface area (Å²) < 4.78 is 37.2. The summed E-state index contributed by atoms with van der Waals surface area (Å²) in [4.78, 5) is 5.83. The maximum atomic E-state index is 12.4. The fourth-order valence-electron chi connectivity index (χ4n) is 1.81. The summed E-state index contributed by atoms with van der Waals surface area (Å²) in [7, 11) is 0. The molecule has 0 aromatic rings. The van der Waals surface area contributed by atoms with Crippen LogP contribution in [-0.2, 0) is 0 Å². The van der Waals surface area contributed by atoms with Crippen molar-refractivity contribution in [3.63, 3.8) is 0 Å². The molecule has 0 unspecified atom stereocenters. The molecule has 0 atom stereocenters. The van der Waals surface area contributed by atoms with Gasteiger partial charge in [-0.15, -0.1) is 0 Å². The molecular weight excluding hydrogens is 221 g/mol. The monoisotopic (exact) mass is 238 g/mol. The minimum atomic E-state index is -4.08. The van der Waals surface area contributed by atoms with Crippen LogP contribution in [0.4, 0.5) is 13.2 Å². The van der Waals surface area contributed by atoms with Crippen LogP contribution in [0.3, 0.4) is 0 Å². The molecular formula is C9H17F3N4. The van der Waals surface area contributed by atoms with Gasteiger partial charge in [0.15, 0.2) is 0 Å². The summed E-state index contributed by atoms with van der Waals surface area (Å²) >= 11 is 0. The van der Waals surface area contributed by atoms with E-state index in [-0.39, 0.29) is 12.8 Å². The normalized spacial score (nSPS) is 20.1. The van der Waals surface area contributed by atoms with Gasteiger partial charge < -0.3 is 4.90 Å². The Bertz CT molecular complexity index is 244. The van der Waals surface area contributed by atoms with Crippen LogP contribution in [0.25, 0.3) is 0 Å². The Morgan fingerprint density at radius 3 is 2.38 bits per heavy atom. The highest BCUT2D eigenvalue weighted by atomic mass is 19.4. The van der Waals surface area contributed by atoms with Crippen molar-refractivity contribution < 1.29 is 13.2 Å². The van der Waals surface area contributed by atoms with Gasteiger partial charge >= 0.3 is 6.18 Å². The number of hydrogen-bond acceptors (Lipinski definition) is 2. The number of hydrogen-bond donors (Lipinski definition) is 2. The Labute approximate surface area is 92.7 Å². The van der Waals surface area contributed by atoms with Gasteiger partial charge in [-0.1, -0.05) is 0 Å². The summed E-state index contributed by atoms with van der Waals surface area (Å²) in [6.07, 6.45) is -3.87. The number of guanidine groups is 1. The van der Waals surface area contributed by atoms with E-state index in [2.05, 4.69) is 10.4 Å². The van der Waals surface area contributed by atoms with Crippen molar-refractivity contribution in [1.82, 2.24) is 10.3 Å². The molecule has 0 aromatic carbocycles. The van der Waals surface area contributed by atoms with Crippen LogP contribution < -0.4 is 11.3 Å². The van der Waals surface area contributed by atoms with Crippen LogP contribution in [0, 0.1) is 5.92 Å². The lowest BCUT2D eigenvalue weighted by atomic mass is 9.96. The van der Waals surface area contributed by atoms with E-state index in [9.17, 15) is 13.2 Å². The number of nitrogens with one attached hydrogen (secondary N) is 1. The minimum Gasteiger partial charge on any atom is -0.342 e. The Morgan fingerprint density at radius 2 is 2.00 bits per heavy atom. The van der Waals surface area contributed by atoms with E-state index in [0.29, 0.717) is 25.6 Å². The summed E-state index contributed by atoms with van der Waals surface area (Å²) in [5, 5.41) is 0. The molecule has 1 aliphatic rings. The second-order valence-electron chi connectivity index (χ2n) is 3.75. The molecule has 7 heteroatoms. The van der Waals surface area contributed by atoms with Gasteiger partial charge in [-0.25, -0.2) is 5.84 Å². The number of nitrogens with two attached hydrogens (primary N) is 1. The molecule has 0 aromatic heterocycles. The average Bonchev–Trinajstić information content (AvgIpc) is 2.25.